The van der Waals surface area contributed by atoms with Crippen LogP contribution in [0.2, 0.25) is 0 Å². The molecule has 0 unspecified atom stereocenters. The molecule has 0 aliphatic rings. The number of hydrogen-bond acceptors (Lipinski definition) is 3. The molecule has 23 heavy (non-hydrogen) atoms. The molecule has 5 heteroatoms. The standard InChI is InChI=1S/C18H19N3O2/c1-2-3-10-23-16-7-4-13(5-8-16)18(22)20-15-6-9-17-14(11-15)12-19-21-17/h4-9,11-12H,2-3,10H2,1H3,(H,19,21)(H,20,22). The number of ether oxygens (including phenoxy) is 1. The molecule has 1 amide bonds. The minimum Gasteiger partial charge on any atom is -0.494 e. The number of aromatic amines is 1. The highest BCUT2D eigenvalue weighted by Gasteiger charge is 2.07. The molecule has 0 fully saturated rings. The molecular formula is C18H19N3O2. The maximum Gasteiger partial charge on any atom is 0.255 e. The molecule has 5 nitrogen and oxygen atoms in total. The predicted molar refractivity (Wildman–Crippen MR) is 90.9 cm³/mol. The first-order chi connectivity index (χ1) is 11.3. The first-order valence-electron chi connectivity index (χ1n) is 7.73. The Kier molecular flexibility index (Phi) is 4.57. The van der Waals surface area contributed by atoms with E-state index in [0.717, 1.165) is 35.2 Å². The summed E-state index contributed by atoms with van der Waals surface area (Å²) < 4.78 is 5.60. The predicted octanol–water partition coefficient (Wildman–Crippen LogP) is 3.99. The lowest BCUT2D eigenvalue weighted by Gasteiger charge is -2.08. The monoisotopic (exact) mass is 309 g/mol. The summed E-state index contributed by atoms with van der Waals surface area (Å²) in [5.41, 5.74) is 2.28. The highest BCUT2D eigenvalue weighted by Crippen LogP contribution is 2.18. The molecule has 3 aromatic rings. The van der Waals surface area contributed by atoms with Crippen LogP contribution in [0.4, 0.5) is 5.69 Å². The first kappa shape index (κ1) is 15.1. The Bertz CT molecular complexity index is 793. The van der Waals surface area contributed by atoms with Gasteiger partial charge in [0.25, 0.3) is 5.91 Å². The van der Waals surface area contributed by atoms with Crippen molar-refractivity contribution < 1.29 is 9.53 Å². The molecule has 3 rings (SSSR count). The molecule has 2 aromatic carbocycles. The highest BCUT2D eigenvalue weighted by atomic mass is 16.5. The Balaban J connectivity index is 1.65. The van der Waals surface area contributed by atoms with Crippen molar-refractivity contribution >= 4 is 22.5 Å². The van der Waals surface area contributed by atoms with Crippen molar-refractivity contribution in [2.24, 2.45) is 0 Å². The van der Waals surface area contributed by atoms with Crippen LogP contribution < -0.4 is 10.1 Å². The van der Waals surface area contributed by atoms with Gasteiger partial charge in [0.2, 0.25) is 0 Å². The second-order valence-electron chi connectivity index (χ2n) is 5.35. The summed E-state index contributed by atoms with van der Waals surface area (Å²) in [6, 6.07) is 12.8. The van der Waals surface area contributed by atoms with Gasteiger partial charge in [0.05, 0.1) is 18.3 Å². The Morgan fingerprint density at radius 2 is 2.04 bits per heavy atom. The smallest absolute Gasteiger partial charge is 0.255 e. The van der Waals surface area contributed by atoms with E-state index in [1.165, 1.54) is 0 Å². The summed E-state index contributed by atoms with van der Waals surface area (Å²) in [6.07, 6.45) is 3.85. The van der Waals surface area contributed by atoms with Gasteiger partial charge in [-0.25, -0.2) is 0 Å². The van der Waals surface area contributed by atoms with Crippen LogP contribution in [0.3, 0.4) is 0 Å². The molecule has 0 aliphatic heterocycles. The van der Waals surface area contributed by atoms with Gasteiger partial charge in [-0.15, -0.1) is 0 Å². The lowest BCUT2D eigenvalue weighted by molar-refractivity contribution is 0.102. The molecule has 0 saturated carbocycles. The highest BCUT2D eigenvalue weighted by molar-refractivity contribution is 6.05. The number of anilines is 1. The molecule has 0 atom stereocenters. The Morgan fingerprint density at radius 3 is 2.83 bits per heavy atom. The molecule has 1 aromatic heterocycles. The molecule has 0 radical (unpaired) electrons. The fraction of sp³-hybridized carbons (Fsp3) is 0.222. The van der Waals surface area contributed by atoms with Crippen LogP contribution >= 0.6 is 0 Å². The molecule has 0 saturated heterocycles. The zero-order valence-corrected chi connectivity index (χ0v) is 13.0. The van der Waals surface area contributed by atoms with E-state index in [4.69, 9.17) is 4.74 Å². The molecule has 1 heterocycles. The Labute approximate surface area is 134 Å². The van der Waals surface area contributed by atoms with Gasteiger partial charge >= 0.3 is 0 Å². The van der Waals surface area contributed by atoms with Gasteiger partial charge in [-0.1, -0.05) is 13.3 Å². The quantitative estimate of drug-likeness (QED) is 0.676. The normalized spacial score (nSPS) is 10.7. The van der Waals surface area contributed by atoms with E-state index in [1.54, 1.807) is 18.3 Å². The van der Waals surface area contributed by atoms with E-state index in [2.05, 4.69) is 22.4 Å². The summed E-state index contributed by atoms with van der Waals surface area (Å²) in [5.74, 6) is 0.641. The number of hydrogen-bond donors (Lipinski definition) is 2. The van der Waals surface area contributed by atoms with Crippen LogP contribution in [-0.2, 0) is 0 Å². The van der Waals surface area contributed by atoms with Gasteiger partial charge in [0.15, 0.2) is 0 Å². The van der Waals surface area contributed by atoms with Crippen molar-refractivity contribution in [1.29, 1.82) is 0 Å². The number of unbranched alkanes of at least 4 members (excludes halogenated alkanes) is 1. The third-order valence-corrected chi connectivity index (χ3v) is 3.58. The van der Waals surface area contributed by atoms with E-state index in [1.807, 2.05) is 30.3 Å². The fourth-order valence-corrected chi connectivity index (χ4v) is 2.26. The number of H-pyrrole nitrogens is 1. The second kappa shape index (κ2) is 6.96. The minimum atomic E-state index is -0.145. The van der Waals surface area contributed by atoms with Crippen LogP contribution in [0.5, 0.6) is 5.75 Å². The van der Waals surface area contributed by atoms with Crippen molar-refractivity contribution in [3.63, 3.8) is 0 Å². The maximum absolute atomic E-state index is 12.3. The number of carbonyl (C=O) groups excluding carboxylic acids is 1. The van der Waals surface area contributed by atoms with Crippen molar-refractivity contribution in [2.75, 3.05) is 11.9 Å². The SMILES string of the molecule is CCCCOc1ccc(C(=O)Nc2ccc3[nH]ncc3c2)cc1. The van der Waals surface area contributed by atoms with E-state index in [0.29, 0.717) is 12.2 Å². The fourth-order valence-electron chi connectivity index (χ4n) is 2.26. The van der Waals surface area contributed by atoms with E-state index >= 15 is 0 Å². The molecule has 2 N–H and O–H groups in total. The third-order valence-electron chi connectivity index (χ3n) is 3.58. The van der Waals surface area contributed by atoms with Crippen molar-refractivity contribution in [1.82, 2.24) is 10.2 Å². The number of amides is 1. The van der Waals surface area contributed by atoms with E-state index < -0.39 is 0 Å². The molecular weight excluding hydrogens is 290 g/mol. The number of rotatable bonds is 6. The van der Waals surface area contributed by atoms with E-state index in [9.17, 15) is 4.79 Å². The van der Waals surface area contributed by atoms with Crippen LogP contribution in [0, 0.1) is 0 Å². The van der Waals surface area contributed by atoms with Crippen molar-refractivity contribution in [3.05, 3.63) is 54.2 Å². The summed E-state index contributed by atoms with van der Waals surface area (Å²) >= 11 is 0. The van der Waals surface area contributed by atoms with Crippen molar-refractivity contribution in [3.8, 4) is 5.75 Å². The van der Waals surface area contributed by atoms with Crippen LogP contribution in [0.1, 0.15) is 30.1 Å². The first-order valence-corrected chi connectivity index (χ1v) is 7.73. The minimum absolute atomic E-state index is 0.145. The number of fused-ring (bicyclic) bond motifs is 1. The second-order valence-corrected chi connectivity index (χ2v) is 5.35. The summed E-state index contributed by atoms with van der Waals surface area (Å²) in [5, 5.41) is 10.7. The number of carbonyl (C=O) groups is 1. The van der Waals surface area contributed by atoms with Gasteiger partial charge in [-0.2, -0.15) is 5.10 Å². The topological polar surface area (TPSA) is 67.0 Å². The number of nitrogens with zero attached hydrogens (tertiary/aromatic N) is 1. The summed E-state index contributed by atoms with van der Waals surface area (Å²) in [4.78, 5) is 12.3. The van der Waals surface area contributed by atoms with Gasteiger partial charge in [0.1, 0.15) is 5.75 Å². The molecule has 0 aliphatic carbocycles. The third kappa shape index (κ3) is 3.69. The Hall–Kier alpha value is -2.82. The largest absolute Gasteiger partial charge is 0.494 e. The average Bonchev–Trinajstić information content (AvgIpc) is 3.03. The summed E-state index contributed by atoms with van der Waals surface area (Å²) in [7, 11) is 0. The number of benzene rings is 2. The summed E-state index contributed by atoms with van der Waals surface area (Å²) in [6.45, 7) is 2.82. The van der Waals surface area contributed by atoms with Crippen LogP contribution in [0.15, 0.2) is 48.7 Å². The van der Waals surface area contributed by atoms with Gasteiger partial charge in [0, 0.05) is 16.6 Å². The lowest BCUT2D eigenvalue weighted by atomic mass is 10.2. The van der Waals surface area contributed by atoms with E-state index in [-0.39, 0.29) is 5.91 Å². The van der Waals surface area contributed by atoms with Crippen LogP contribution in [-0.4, -0.2) is 22.7 Å². The average molecular weight is 309 g/mol. The lowest BCUT2D eigenvalue weighted by Crippen LogP contribution is -2.11. The number of aromatic nitrogens is 2. The van der Waals surface area contributed by atoms with Crippen LogP contribution in [0.25, 0.3) is 10.9 Å². The van der Waals surface area contributed by atoms with Gasteiger partial charge in [-0.05, 0) is 48.9 Å². The molecule has 118 valence electrons. The maximum atomic E-state index is 12.3. The zero-order valence-electron chi connectivity index (χ0n) is 13.0. The zero-order chi connectivity index (χ0) is 16.1. The van der Waals surface area contributed by atoms with Crippen molar-refractivity contribution in [2.45, 2.75) is 19.8 Å². The van der Waals surface area contributed by atoms with Gasteiger partial charge < -0.3 is 10.1 Å². The number of nitrogens with one attached hydrogen (secondary N) is 2. The Morgan fingerprint density at radius 1 is 1.22 bits per heavy atom. The van der Waals surface area contributed by atoms with Gasteiger partial charge in [-0.3, -0.25) is 9.89 Å². The molecule has 0 bridgehead atoms. The molecule has 0 spiro atoms.